The fraction of sp³-hybridized carbons (Fsp3) is 0.316. The van der Waals surface area contributed by atoms with Crippen LogP contribution in [0.15, 0.2) is 48.5 Å². The Morgan fingerprint density at radius 3 is 2.12 bits per heavy atom. The summed E-state index contributed by atoms with van der Waals surface area (Å²) < 4.78 is 16.1. The van der Waals surface area contributed by atoms with Gasteiger partial charge in [-0.3, -0.25) is 4.79 Å². The lowest BCUT2D eigenvalue weighted by Gasteiger charge is -2.09. The molecule has 0 aliphatic carbocycles. The number of carbonyl (C=O) groups excluding carboxylic acids is 1. The van der Waals surface area contributed by atoms with Gasteiger partial charge in [0.05, 0.1) is 13.7 Å². The van der Waals surface area contributed by atoms with E-state index in [-0.39, 0.29) is 12.5 Å². The molecule has 2 aromatic rings. The molecule has 0 aromatic heterocycles. The molecule has 0 radical (unpaired) electrons. The highest BCUT2D eigenvalue weighted by atomic mass is 16.5. The van der Waals surface area contributed by atoms with Crippen molar-refractivity contribution < 1.29 is 19.0 Å². The van der Waals surface area contributed by atoms with Crippen molar-refractivity contribution in [2.75, 3.05) is 25.6 Å². The van der Waals surface area contributed by atoms with Gasteiger partial charge in [-0.2, -0.15) is 0 Å². The number of hydrogen-bond donors (Lipinski definition) is 1. The van der Waals surface area contributed by atoms with Gasteiger partial charge in [0.1, 0.15) is 17.2 Å². The van der Waals surface area contributed by atoms with Crippen LogP contribution >= 0.6 is 0 Å². The molecule has 0 unspecified atom stereocenters. The molecule has 0 heterocycles. The van der Waals surface area contributed by atoms with Crippen LogP contribution in [0.3, 0.4) is 0 Å². The SMILES string of the molecule is CCCCOc1ccc(NC(=O)COc2ccc(OC)cc2)cc1. The second-order valence-corrected chi connectivity index (χ2v) is 5.24. The zero-order valence-corrected chi connectivity index (χ0v) is 14.1. The first-order valence-electron chi connectivity index (χ1n) is 8.01. The van der Waals surface area contributed by atoms with Gasteiger partial charge >= 0.3 is 0 Å². The smallest absolute Gasteiger partial charge is 0.262 e. The lowest BCUT2D eigenvalue weighted by Crippen LogP contribution is -2.20. The van der Waals surface area contributed by atoms with Crippen LogP contribution in [0.25, 0.3) is 0 Å². The van der Waals surface area contributed by atoms with Crippen molar-refractivity contribution >= 4 is 11.6 Å². The van der Waals surface area contributed by atoms with Crippen LogP contribution in [0.2, 0.25) is 0 Å². The highest BCUT2D eigenvalue weighted by molar-refractivity contribution is 5.91. The average molecular weight is 329 g/mol. The summed E-state index contributed by atoms with van der Waals surface area (Å²) in [5.74, 6) is 1.94. The Kier molecular flexibility index (Phi) is 6.95. The van der Waals surface area contributed by atoms with Crippen LogP contribution in [0, 0.1) is 0 Å². The third-order valence-electron chi connectivity index (χ3n) is 3.33. The predicted molar refractivity (Wildman–Crippen MR) is 94.0 cm³/mol. The molecule has 5 heteroatoms. The average Bonchev–Trinajstić information content (AvgIpc) is 2.62. The van der Waals surface area contributed by atoms with Crippen molar-refractivity contribution in [1.29, 1.82) is 0 Å². The molecule has 0 saturated carbocycles. The fourth-order valence-electron chi connectivity index (χ4n) is 1.99. The molecule has 0 fully saturated rings. The quantitative estimate of drug-likeness (QED) is 0.709. The molecular weight excluding hydrogens is 306 g/mol. The van der Waals surface area contributed by atoms with E-state index in [1.165, 1.54) is 0 Å². The summed E-state index contributed by atoms with van der Waals surface area (Å²) in [4.78, 5) is 11.9. The summed E-state index contributed by atoms with van der Waals surface area (Å²) in [5.41, 5.74) is 0.709. The maximum atomic E-state index is 11.9. The number of nitrogens with one attached hydrogen (secondary N) is 1. The Bertz CT molecular complexity index is 623. The Morgan fingerprint density at radius 2 is 1.50 bits per heavy atom. The minimum absolute atomic E-state index is 0.0545. The molecule has 2 rings (SSSR count). The monoisotopic (exact) mass is 329 g/mol. The number of methoxy groups -OCH3 is 1. The van der Waals surface area contributed by atoms with E-state index < -0.39 is 0 Å². The molecule has 24 heavy (non-hydrogen) atoms. The topological polar surface area (TPSA) is 56.8 Å². The van der Waals surface area contributed by atoms with Crippen molar-refractivity contribution in [3.05, 3.63) is 48.5 Å². The third kappa shape index (κ3) is 5.83. The zero-order chi connectivity index (χ0) is 17.2. The van der Waals surface area contributed by atoms with E-state index in [4.69, 9.17) is 14.2 Å². The lowest BCUT2D eigenvalue weighted by atomic mass is 10.3. The largest absolute Gasteiger partial charge is 0.497 e. The maximum Gasteiger partial charge on any atom is 0.262 e. The van der Waals surface area contributed by atoms with Gasteiger partial charge in [0.2, 0.25) is 0 Å². The molecule has 0 spiro atoms. The first kappa shape index (κ1) is 17.7. The van der Waals surface area contributed by atoms with E-state index in [1.807, 2.05) is 24.3 Å². The van der Waals surface area contributed by atoms with Crippen molar-refractivity contribution in [3.8, 4) is 17.2 Å². The molecule has 0 atom stereocenters. The molecule has 128 valence electrons. The van der Waals surface area contributed by atoms with Crippen molar-refractivity contribution in [3.63, 3.8) is 0 Å². The normalized spacial score (nSPS) is 10.1. The number of unbranched alkanes of at least 4 members (excludes halogenated alkanes) is 1. The van der Waals surface area contributed by atoms with Gasteiger partial charge in [-0.25, -0.2) is 0 Å². The van der Waals surface area contributed by atoms with E-state index in [9.17, 15) is 4.79 Å². The summed E-state index contributed by atoms with van der Waals surface area (Å²) in [6, 6.07) is 14.4. The summed E-state index contributed by atoms with van der Waals surface area (Å²) in [6.45, 7) is 2.77. The highest BCUT2D eigenvalue weighted by Crippen LogP contribution is 2.18. The Morgan fingerprint density at radius 1 is 0.917 bits per heavy atom. The van der Waals surface area contributed by atoms with Gasteiger partial charge < -0.3 is 19.5 Å². The number of hydrogen-bond acceptors (Lipinski definition) is 4. The van der Waals surface area contributed by atoms with Crippen molar-refractivity contribution in [2.45, 2.75) is 19.8 Å². The molecule has 2 aromatic carbocycles. The van der Waals surface area contributed by atoms with Crippen LogP contribution < -0.4 is 19.5 Å². The van der Waals surface area contributed by atoms with Gasteiger partial charge in [-0.15, -0.1) is 0 Å². The lowest BCUT2D eigenvalue weighted by molar-refractivity contribution is -0.118. The molecule has 1 N–H and O–H groups in total. The number of ether oxygens (including phenoxy) is 3. The zero-order valence-electron chi connectivity index (χ0n) is 14.1. The number of amides is 1. The molecule has 0 aliphatic heterocycles. The van der Waals surface area contributed by atoms with Crippen LogP contribution in [-0.4, -0.2) is 26.2 Å². The summed E-state index contributed by atoms with van der Waals surface area (Å²) in [7, 11) is 1.60. The van der Waals surface area contributed by atoms with E-state index in [2.05, 4.69) is 12.2 Å². The van der Waals surface area contributed by atoms with Crippen LogP contribution in [0.1, 0.15) is 19.8 Å². The maximum absolute atomic E-state index is 11.9. The number of benzene rings is 2. The molecule has 0 aliphatic rings. The number of anilines is 1. The molecule has 1 amide bonds. The molecule has 5 nitrogen and oxygen atoms in total. The molecule has 0 bridgehead atoms. The predicted octanol–water partition coefficient (Wildman–Crippen LogP) is 3.89. The Labute approximate surface area is 142 Å². The van der Waals surface area contributed by atoms with Gasteiger partial charge in [-0.05, 0) is 55.0 Å². The summed E-state index contributed by atoms with van der Waals surface area (Å²) in [5, 5.41) is 2.79. The van der Waals surface area contributed by atoms with E-state index in [0.717, 1.165) is 24.3 Å². The minimum atomic E-state index is -0.217. The van der Waals surface area contributed by atoms with E-state index >= 15 is 0 Å². The second kappa shape index (κ2) is 9.45. The number of carbonyl (C=O) groups is 1. The number of rotatable bonds is 9. The standard InChI is InChI=1S/C19H23NO4/c1-3-4-13-23-17-7-5-15(6-8-17)20-19(21)14-24-18-11-9-16(22-2)10-12-18/h5-12H,3-4,13-14H2,1-2H3,(H,20,21). The second-order valence-electron chi connectivity index (χ2n) is 5.24. The molecule has 0 saturated heterocycles. The van der Waals surface area contributed by atoms with Crippen LogP contribution in [0.5, 0.6) is 17.2 Å². The van der Waals surface area contributed by atoms with Crippen LogP contribution in [0.4, 0.5) is 5.69 Å². The third-order valence-corrected chi connectivity index (χ3v) is 3.33. The summed E-state index contributed by atoms with van der Waals surface area (Å²) in [6.07, 6.45) is 2.13. The fourth-order valence-corrected chi connectivity index (χ4v) is 1.99. The summed E-state index contributed by atoms with van der Waals surface area (Å²) >= 11 is 0. The Balaban J connectivity index is 1.76. The Hall–Kier alpha value is -2.69. The van der Waals surface area contributed by atoms with Gasteiger partial charge in [0.25, 0.3) is 5.91 Å². The van der Waals surface area contributed by atoms with E-state index in [0.29, 0.717) is 18.0 Å². The van der Waals surface area contributed by atoms with Gasteiger partial charge in [0, 0.05) is 5.69 Å². The van der Waals surface area contributed by atoms with Gasteiger partial charge in [0.15, 0.2) is 6.61 Å². The van der Waals surface area contributed by atoms with Crippen LogP contribution in [-0.2, 0) is 4.79 Å². The van der Waals surface area contributed by atoms with Crippen molar-refractivity contribution in [1.82, 2.24) is 0 Å². The first-order chi connectivity index (χ1) is 11.7. The van der Waals surface area contributed by atoms with E-state index in [1.54, 1.807) is 31.4 Å². The minimum Gasteiger partial charge on any atom is -0.497 e. The molecular formula is C19H23NO4. The highest BCUT2D eigenvalue weighted by Gasteiger charge is 2.04. The first-order valence-corrected chi connectivity index (χ1v) is 8.01. The van der Waals surface area contributed by atoms with Crippen molar-refractivity contribution in [2.24, 2.45) is 0 Å². The van der Waals surface area contributed by atoms with Gasteiger partial charge in [-0.1, -0.05) is 13.3 Å².